The number of phenols is 1. The molecule has 0 aliphatic heterocycles. The number of phenolic OH excluding ortho intramolecular Hbond substituents is 1. The van der Waals surface area contributed by atoms with E-state index >= 15 is 0 Å². The number of amides is 1. The number of rotatable bonds is 5. The van der Waals surface area contributed by atoms with E-state index in [-0.39, 0.29) is 11.3 Å². The summed E-state index contributed by atoms with van der Waals surface area (Å²) in [6.07, 6.45) is 1.42. The third-order valence-electron chi connectivity index (χ3n) is 3.01. The molecule has 0 radical (unpaired) electrons. The van der Waals surface area contributed by atoms with Gasteiger partial charge in [0.2, 0.25) is 0 Å². The fourth-order valence-electron chi connectivity index (χ4n) is 1.93. The molecule has 1 amide bonds. The number of nitrogens with one attached hydrogen (secondary N) is 1. The molecule has 2 aromatic rings. The van der Waals surface area contributed by atoms with Gasteiger partial charge in [-0.3, -0.25) is 4.79 Å². The smallest absolute Gasteiger partial charge is 0.275 e. The molecule has 2 aromatic carbocycles. The highest BCUT2D eigenvalue weighted by Crippen LogP contribution is 2.29. The van der Waals surface area contributed by atoms with Crippen LogP contribution in [-0.2, 0) is 0 Å². The fraction of sp³-hybridized carbons (Fsp3) is 0.125. The lowest BCUT2D eigenvalue weighted by atomic mass is 10.2. The van der Waals surface area contributed by atoms with Crippen molar-refractivity contribution in [1.82, 2.24) is 5.43 Å². The molecule has 2 N–H and O–H groups in total. The molecule has 0 atom stereocenters. The average Bonchev–Trinajstić information content (AvgIpc) is 2.54. The van der Waals surface area contributed by atoms with Crippen LogP contribution >= 0.6 is 11.6 Å². The number of benzene rings is 2. The van der Waals surface area contributed by atoms with E-state index in [1.54, 1.807) is 18.2 Å². The minimum Gasteiger partial charge on any atom is -0.507 e. The summed E-state index contributed by atoms with van der Waals surface area (Å²) in [5.41, 5.74) is 3.03. The van der Waals surface area contributed by atoms with Crippen LogP contribution in [-0.4, -0.2) is 31.4 Å². The van der Waals surface area contributed by atoms with Crippen LogP contribution in [0.15, 0.2) is 41.5 Å². The zero-order valence-corrected chi connectivity index (χ0v) is 13.3. The molecule has 7 heteroatoms. The molecule has 120 valence electrons. The van der Waals surface area contributed by atoms with Crippen LogP contribution in [0.2, 0.25) is 5.02 Å². The van der Waals surface area contributed by atoms with E-state index in [2.05, 4.69) is 10.5 Å². The van der Waals surface area contributed by atoms with E-state index in [0.717, 1.165) is 0 Å². The van der Waals surface area contributed by atoms with Crippen molar-refractivity contribution in [2.45, 2.75) is 0 Å². The highest BCUT2D eigenvalue weighted by Gasteiger charge is 2.11. The van der Waals surface area contributed by atoms with Gasteiger partial charge in [0.05, 0.1) is 26.0 Å². The molecule has 0 saturated heterocycles. The standard InChI is InChI=1S/C16H15ClN2O4/c1-22-14-5-3-4-10(15(14)23-2)9-18-19-16(21)12-7-6-11(17)8-13(12)20/h3-9,20H,1-2H3,(H,19,21). The summed E-state index contributed by atoms with van der Waals surface area (Å²) in [6.45, 7) is 0. The van der Waals surface area contributed by atoms with Gasteiger partial charge in [-0.05, 0) is 30.3 Å². The van der Waals surface area contributed by atoms with Crippen molar-refractivity contribution in [3.05, 3.63) is 52.5 Å². The van der Waals surface area contributed by atoms with Gasteiger partial charge in [0, 0.05) is 10.6 Å². The summed E-state index contributed by atoms with van der Waals surface area (Å²) >= 11 is 5.72. The third kappa shape index (κ3) is 3.92. The van der Waals surface area contributed by atoms with Gasteiger partial charge in [-0.1, -0.05) is 17.7 Å². The van der Waals surface area contributed by atoms with Gasteiger partial charge in [-0.15, -0.1) is 0 Å². The molecule has 0 aliphatic rings. The fourth-order valence-corrected chi connectivity index (χ4v) is 2.10. The van der Waals surface area contributed by atoms with Crippen molar-refractivity contribution in [3.8, 4) is 17.2 Å². The number of methoxy groups -OCH3 is 2. The maximum Gasteiger partial charge on any atom is 0.275 e. The minimum atomic E-state index is -0.558. The lowest BCUT2D eigenvalue weighted by molar-refractivity contribution is 0.0952. The van der Waals surface area contributed by atoms with E-state index in [9.17, 15) is 9.90 Å². The molecular formula is C16H15ClN2O4. The lowest BCUT2D eigenvalue weighted by Gasteiger charge is -2.09. The summed E-state index contributed by atoms with van der Waals surface area (Å²) in [5, 5.41) is 13.9. The highest BCUT2D eigenvalue weighted by atomic mass is 35.5. The number of hydrazone groups is 1. The van der Waals surface area contributed by atoms with E-state index in [4.69, 9.17) is 21.1 Å². The van der Waals surface area contributed by atoms with Crippen LogP contribution in [0.25, 0.3) is 0 Å². The van der Waals surface area contributed by atoms with Crippen LogP contribution in [0.5, 0.6) is 17.2 Å². The zero-order valence-electron chi connectivity index (χ0n) is 12.5. The van der Waals surface area contributed by atoms with Gasteiger partial charge in [-0.2, -0.15) is 5.10 Å². The number of halogens is 1. The van der Waals surface area contributed by atoms with Crippen molar-refractivity contribution in [1.29, 1.82) is 0 Å². The third-order valence-corrected chi connectivity index (χ3v) is 3.24. The summed E-state index contributed by atoms with van der Waals surface area (Å²) in [4.78, 5) is 12.0. The Morgan fingerprint density at radius 3 is 2.70 bits per heavy atom. The first-order valence-corrected chi connectivity index (χ1v) is 6.97. The molecule has 0 aromatic heterocycles. The van der Waals surface area contributed by atoms with Crippen LogP contribution in [0.1, 0.15) is 15.9 Å². The number of hydrogen-bond acceptors (Lipinski definition) is 5. The van der Waals surface area contributed by atoms with E-state index in [0.29, 0.717) is 22.1 Å². The van der Waals surface area contributed by atoms with Crippen molar-refractivity contribution in [2.24, 2.45) is 5.10 Å². The molecule has 23 heavy (non-hydrogen) atoms. The molecule has 6 nitrogen and oxygen atoms in total. The molecule has 0 unspecified atom stereocenters. The molecule has 2 rings (SSSR count). The van der Waals surface area contributed by atoms with Crippen molar-refractivity contribution < 1.29 is 19.4 Å². The van der Waals surface area contributed by atoms with Crippen LogP contribution in [0.3, 0.4) is 0 Å². The summed E-state index contributed by atoms with van der Waals surface area (Å²) in [6, 6.07) is 9.48. The Morgan fingerprint density at radius 2 is 2.04 bits per heavy atom. The molecule has 0 bridgehead atoms. The summed E-state index contributed by atoms with van der Waals surface area (Å²) in [5.74, 6) is 0.280. The monoisotopic (exact) mass is 334 g/mol. The first-order valence-electron chi connectivity index (χ1n) is 6.59. The summed E-state index contributed by atoms with van der Waals surface area (Å²) in [7, 11) is 3.05. The number of aromatic hydroxyl groups is 1. The first kappa shape index (κ1) is 16.6. The number of carbonyl (C=O) groups is 1. The maximum absolute atomic E-state index is 12.0. The quantitative estimate of drug-likeness (QED) is 0.651. The molecular weight excluding hydrogens is 320 g/mol. The first-order chi connectivity index (χ1) is 11.1. The lowest BCUT2D eigenvalue weighted by Crippen LogP contribution is -2.17. The topological polar surface area (TPSA) is 80.2 Å². The van der Waals surface area contributed by atoms with Gasteiger partial charge >= 0.3 is 0 Å². The second kappa shape index (κ2) is 7.51. The Balaban J connectivity index is 2.14. The Labute approximate surface area is 138 Å². The molecule has 0 spiro atoms. The Hall–Kier alpha value is -2.73. The van der Waals surface area contributed by atoms with Gasteiger partial charge in [0.1, 0.15) is 5.75 Å². The van der Waals surface area contributed by atoms with Gasteiger partial charge in [-0.25, -0.2) is 5.43 Å². The predicted molar refractivity (Wildman–Crippen MR) is 87.7 cm³/mol. The van der Waals surface area contributed by atoms with E-state index in [1.807, 2.05) is 0 Å². The SMILES string of the molecule is COc1cccc(C=NNC(=O)c2ccc(Cl)cc2O)c1OC. The number of carbonyl (C=O) groups excluding carboxylic acids is 1. The molecule has 0 fully saturated rings. The van der Waals surface area contributed by atoms with E-state index < -0.39 is 5.91 Å². The second-order valence-electron chi connectivity index (χ2n) is 4.44. The minimum absolute atomic E-state index is 0.0733. The molecule has 0 aliphatic carbocycles. The Kier molecular flexibility index (Phi) is 5.43. The number of hydrogen-bond donors (Lipinski definition) is 2. The van der Waals surface area contributed by atoms with Crippen molar-refractivity contribution in [3.63, 3.8) is 0 Å². The maximum atomic E-state index is 12.0. The normalized spacial score (nSPS) is 10.6. The van der Waals surface area contributed by atoms with Crippen molar-refractivity contribution in [2.75, 3.05) is 14.2 Å². The van der Waals surface area contributed by atoms with Crippen molar-refractivity contribution >= 4 is 23.7 Å². The number of para-hydroxylation sites is 1. The van der Waals surface area contributed by atoms with Gasteiger partial charge in [0.25, 0.3) is 5.91 Å². The van der Waals surface area contributed by atoms with Crippen LogP contribution in [0.4, 0.5) is 0 Å². The highest BCUT2D eigenvalue weighted by molar-refractivity contribution is 6.30. The van der Waals surface area contributed by atoms with E-state index in [1.165, 1.54) is 38.6 Å². The average molecular weight is 335 g/mol. The second-order valence-corrected chi connectivity index (χ2v) is 4.88. The Morgan fingerprint density at radius 1 is 1.26 bits per heavy atom. The Bertz CT molecular complexity index is 747. The largest absolute Gasteiger partial charge is 0.507 e. The summed E-state index contributed by atoms with van der Waals surface area (Å²) < 4.78 is 10.4. The van der Waals surface area contributed by atoms with Crippen LogP contribution < -0.4 is 14.9 Å². The number of nitrogens with zero attached hydrogens (tertiary/aromatic N) is 1. The number of ether oxygens (including phenoxy) is 2. The van der Waals surface area contributed by atoms with Gasteiger partial charge in [0.15, 0.2) is 11.5 Å². The zero-order chi connectivity index (χ0) is 16.8. The predicted octanol–water partition coefficient (Wildman–Crippen LogP) is 2.83. The van der Waals surface area contributed by atoms with Gasteiger partial charge < -0.3 is 14.6 Å². The van der Waals surface area contributed by atoms with Crippen LogP contribution in [0, 0.1) is 0 Å². The molecule has 0 heterocycles. The molecule has 0 saturated carbocycles.